The van der Waals surface area contributed by atoms with E-state index in [9.17, 15) is 24.0 Å². The number of amides is 3. The Kier molecular flexibility index (Phi) is 11.6. The lowest BCUT2D eigenvalue weighted by molar-refractivity contribution is -0.138. The number of hydrogen-bond donors (Lipinski definition) is 5. The Morgan fingerprint density at radius 3 is 2.17 bits per heavy atom. The number of benzene rings is 2. The van der Waals surface area contributed by atoms with Gasteiger partial charge in [0.25, 0.3) is 0 Å². The number of aromatic nitrogens is 1. The highest BCUT2D eigenvalue weighted by molar-refractivity contribution is 6.30. The summed E-state index contributed by atoms with van der Waals surface area (Å²) in [5, 5.41) is 27.4. The minimum atomic E-state index is -1.26. The average molecular weight is 599 g/mol. The van der Waals surface area contributed by atoms with Crippen molar-refractivity contribution >= 4 is 41.3 Å². The smallest absolute Gasteiger partial charge is 0.303 e. The Morgan fingerprint density at radius 2 is 1.52 bits per heavy atom. The Labute approximate surface area is 246 Å². The summed E-state index contributed by atoms with van der Waals surface area (Å²) in [5.74, 6) is -4.03. The molecule has 0 unspecified atom stereocenters. The van der Waals surface area contributed by atoms with Crippen LogP contribution >= 0.6 is 11.6 Å². The number of nitrogens with one attached hydrogen (secondary N) is 2. The number of nitrogens with zero attached hydrogens (tertiary/aromatic N) is 1. The van der Waals surface area contributed by atoms with Crippen LogP contribution in [0.2, 0.25) is 5.02 Å². The number of nitrogens with two attached hydrogens (primary N) is 1. The van der Waals surface area contributed by atoms with Gasteiger partial charge < -0.3 is 31.1 Å². The van der Waals surface area contributed by atoms with Gasteiger partial charge in [-0.1, -0.05) is 53.2 Å². The van der Waals surface area contributed by atoms with Crippen molar-refractivity contribution in [2.75, 3.05) is 0 Å². The van der Waals surface area contributed by atoms with Crippen LogP contribution in [0.25, 0.3) is 22.4 Å². The molecule has 222 valence electrons. The van der Waals surface area contributed by atoms with E-state index in [0.29, 0.717) is 16.5 Å². The second-order valence-electron chi connectivity index (χ2n) is 9.57. The first-order valence-corrected chi connectivity index (χ1v) is 13.5. The molecule has 3 aromatic rings. The Hall–Kier alpha value is -4.71. The summed E-state index contributed by atoms with van der Waals surface area (Å²) in [4.78, 5) is 59.0. The molecule has 1 heterocycles. The second-order valence-corrected chi connectivity index (χ2v) is 10.0. The lowest BCUT2D eigenvalue weighted by atomic mass is 10.0. The number of carboxylic acid groups (broad SMARTS) is 2. The summed E-state index contributed by atoms with van der Waals surface area (Å²) in [7, 11) is 0. The summed E-state index contributed by atoms with van der Waals surface area (Å²) in [6, 6.07) is 14.4. The van der Waals surface area contributed by atoms with E-state index in [-0.39, 0.29) is 38.5 Å². The predicted molar refractivity (Wildman–Crippen MR) is 152 cm³/mol. The Bertz CT molecular complexity index is 1420. The fourth-order valence-electron chi connectivity index (χ4n) is 4.12. The van der Waals surface area contributed by atoms with Crippen LogP contribution in [0.4, 0.5) is 0 Å². The maximum Gasteiger partial charge on any atom is 0.303 e. The molecule has 0 saturated heterocycles. The van der Waals surface area contributed by atoms with Gasteiger partial charge in [-0.3, -0.25) is 24.0 Å². The molecule has 3 amide bonds. The van der Waals surface area contributed by atoms with Crippen molar-refractivity contribution in [3.63, 3.8) is 0 Å². The summed E-state index contributed by atoms with van der Waals surface area (Å²) >= 11 is 6.08. The summed E-state index contributed by atoms with van der Waals surface area (Å²) in [6.45, 7) is 0. The third kappa shape index (κ3) is 10.0. The topological polar surface area (TPSA) is 202 Å². The molecule has 3 rings (SSSR count). The third-order valence-electron chi connectivity index (χ3n) is 6.34. The number of rotatable bonds is 16. The predicted octanol–water partition coefficient (Wildman–Crippen LogP) is 3.17. The van der Waals surface area contributed by atoms with Crippen molar-refractivity contribution in [1.82, 2.24) is 15.8 Å². The lowest BCUT2D eigenvalue weighted by Crippen LogP contribution is -2.53. The van der Waals surface area contributed by atoms with Crippen molar-refractivity contribution in [2.45, 2.75) is 57.0 Å². The number of aliphatic carboxylic acids is 2. The van der Waals surface area contributed by atoms with Gasteiger partial charge in [-0.25, -0.2) is 0 Å². The van der Waals surface area contributed by atoms with Crippen molar-refractivity contribution in [3.05, 3.63) is 65.4 Å². The highest BCUT2D eigenvalue weighted by atomic mass is 35.5. The standard InChI is InChI=1S/C29H31ClN4O8/c30-20-4-1-3-19(15-20)17-7-9-18(10-8-17)24-16-21(42-34-24)11-13-25(35)32-23(5-2-6-26(36)37)29(41)33-22(28(31)40)12-14-27(38)39/h1,3-4,7-10,15-16,22-23H,2,5-6,11-14H2,(H2,31,40)(H,32,35)(H,33,41)(H,36,37)(H,38,39)/t22-,23-/m0/s1. The van der Waals surface area contributed by atoms with Crippen LogP contribution in [0.5, 0.6) is 0 Å². The zero-order valence-electron chi connectivity index (χ0n) is 22.5. The summed E-state index contributed by atoms with van der Waals surface area (Å²) in [5.41, 5.74) is 8.61. The van der Waals surface area contributed by atoms with Crippen LogP contribution in [0.3, 0.4) is 0 Å². The summed E-state index contributed by atoms with van der Waals surface area (Å²) in [6.07, 6.45) is -0.719. The average Bonchev–Trinajstić information content (AvgIpc) is 3.42. The molecule has 0 bridgehead atoms. The molecule has 0 spiro atoms. The number of carbonyl (C=O) groups is 5. The molecular formula is C29H31ClN4O8. The number of halogens is 1. The molecule has 0 aliphatic carbocycles. The van der Waals surface area contributed by atoms with Crippen molar-refractivity contribution in [3.8, 4) is 22.4 Å². The van der Waals surface area contributed by atoms with Crippen LogP contribution in [-0.4, -0.2) is 57.1 Å². The molecule has 6 N–H and O–H groups in total. The Morgan fingerprint density at radius 1 is 0.833 bits per heavy atom. The molecule has 1 aromatic heterocycles. The minimum Gasteiger partial charge on any atom is -0.481 e. The second kappa shape index (κ2) is 15.3. The van der Waals surface area contributed by atoms with Gasteiger partial charge in [-0.15, -0.1) is 0 Å². The number of carboxylic acids is 2. The fraction of sp³-hybridized carbons (Fsp3) is 0.310. The number of carbonyl (C=O) groups excluding carboxylic acids is 3. The number of hydrogen-bond acceptors (Lipinski definition) is 7. The van der Waals surface area contributed by atoms with Crippen molar-refractivity contribution < 1.29 is 38.7 Å². The van der Waals surface area contributed by atoms with Crippen LogP contribution < -0.4 is 16.4 Å². The van der Waals surface area contributed by atoms with E-state index in [1.807, 2.05) is 42.5 Å². The first kappa shape index (κ1) is 31.8. The fourth-order valence-corrected chi connectivity index (χ4v) is 4.31. The van der Waals surface area contributed by atoms with E-state index in [1.54, 1.807) is 12.1 Å². The van der Waals surface area contributed by atoms with Crippen molar-refractivity contribution in [1.29, 1.82) is 0 Å². The largest absolute Gasteiger partial charge is 0.481 e. The normalized spacial score (nSPS) is 12.2. The lowest BCUT2D eigenvalue weighted by Gasteiger charge is -2.21. The molecular weight excluding hydrogens is 568 g/mol. The Balaban J connectivity index is 1.59. The molecule has 0 radical (unpaired) electrons. The van der Waals surface area contributed by atoms with Crippen LogP contribution in [0.1, 0.15) is 44.3 Å². The third-order valence-corrected chi connectivity index (χ3v) is 6.57. The van der Waals surface area contributed by atoms with E-state index < -0.39 is 48.2 Å². The van der Waals surface area contributed by atoms with E-state index >= 15 is 0 Å². The quantitative estimate of drug-likeness (QED) is 0.164. The van der Waals surface area contributed by atoms with Gasteiger partial charge in [0.1, 0.15) is 23.5 Å². The van der Waals surface area contributed by atoms with Crippen LogP contribution in [0.15, 0.2) is 59.1 Å². The van der Waals surface area contributed by atoms with Gasteiger partial charge in [0.2, 0.25) is 17.7 Å². The number of primary amides is 1. The first-order chi connectivity index (χ1) is 20.0. The van der Waals surface area contributed by atoms with E-state index in [4.69, 9.17) is 32.1 Å². The molecule has 13 heteroatoms. The van der Waals surface area contributed by atoms with Gasteiger partial charge in [0.05, 0.1) is 0 Å². The number of aryl methyl sites for hydroxylation is 1. The van der Waals surface area contributed by atoms with Crippen LogP contribution in [-0.2, 0) is 30.4 Å². The maximum atomic E-state index is 12.8. The monoisotopic (exact) mass is 598 g/mol. The van der Waals surface area contributed by atoms with E-state index in [1.165, 1.54) is 0 Å². The van der Waals surface area contributed by atoms with E-state index in [2.05, 4.69) is 15.8 Å². The van der Waals surface area contributed by atoms with Gasteiger partial charge in [0.15, 0.2) is 0 Å². The molecule has 0 aliphatic rings. The van der Waals surface area contributed by atoms with E-state index in [0.717, 1.165) is 16.7 Å². The van der Waals surface area contributed by atoms with Crippen LogP contribution in [0, 0.1) is 0 Å². The van der Waals surface area contributed by atoms with Crippen molar-refractivity contribution in [2.24, 2.45) is 5.73 Å². The maximum absolute atomic E-state index is 12.8. The molecule has 2 aromatic carbocycles. The molecule has 42 heavy (non-hydrogen) atoms. The zero-order valence-corrected chi connectivity index (χ0v) is 23.3. The van der Waals surface area contributed by atoms with Gasteiger partial charge in [0, 0.05) is 42.3 Å². The highest BCUT2D eigenvalue weighted by Crippen LogP contribution is 2.26. The zero-order chi connectivity index (χ0) is 30.6. The van der Waals surface area contributed by atoms with Gasteiger partial charge in [-0.05, 0) is 42.5 Å². The highest BCUT2D eigenvalue weighted by Gasteiger charge is 2.26. The van der Waals surface area contributed by atoms with Gasteiger partial charge in [-0.2, -0.15) is 0 Å². The molecule has 2 atom stereocenters. The molecule has 0 aliphatic heterocycles. The first-order valence-electron chi connectivity index (χ1n) is 13.2. The molecule has 12 nitrogen and oxygen atoms in total. The SMILES string of the molecule is NC(=O)[C@H](CCC(=O)O)NC(=O)[C@H](CCCC(=O)O)NC(=O)CCc1cc(-c2ccc(-c3cccc(Cl)c3)cc2)no1. The molecule has 0 fully saturated rings. The molecule has 0 saturated carbocycles. The summed E-state index contributed by atoms with van der Waals surface area (Å²) < 4.78 is 5.38. The minimum absolute atomic E-state index is 0.0219. The van der Waals surface area contributed by atoms with Gasteiger partial charge >= 0.3 is 11.9 Å².